The van der Waals surface area contributed by atoms with Crippen LogP contribution in [0, 0.1) is 25.7 Å². The van der Waals surface area contributed by atoms with Gasteiger partial charge in [-0.3, -0.25) is 14.4 Å². The molecule has 0 spiro atoms. The Morgan fingerprint density at radius 2 is 1.31 bits per heavy atom. The van der Waals surface area contributed by atoms with Gasteiger partial charge >= 0.3 is 23.7 Å². The van der Waals surface area contributed by atoms with Gasteiger partial charge in [0.2, 0.25) is 0 Å². The quantitative estimate of drug-likeness (QED) is 0.0999. The molecule has 4 atom stereocenters. The number of nitrogens with two attached hydrogens (primary N) is 2. The number of likely N-dealkylation sites (tertiary alicyclic amines) is 1. The van der Waals surface area contributed by atoms with Gasteiger partial charge in [0.15, 0.2) is 0 Å². The van der Waals surface area contributed by atoms with Crippen LogP contribution < -0.4 is 27.4 Å². The minimum atomic E-state index is -1.54. The number of pyridine rings is 2. The largest absolute Gasteiger partial charge is 0.474 e. The van der Waals surface area contributed by atoms with Crippen LogP contribution in [0.25, 0.3) is 20.4 Å². The van der Waals surface area contributed by atoms with E-state index in [1.807, 2.05) is 18.2 Å². The van der Waals surface area contributed by atoms with Crippen molar-refractivity contribution in [1.29, 1.82) is 0 Å². The van der Waals surface area contributed by atoms with E-state index >= 15 is 0 Å². The smallest absolute Gasteiger partial charge is 0.394 e. The van der Waals surface area contributed by atoms with Gasteiger partial charge in [-0.2, -0.15) is 0 Å². The highest BCUT2D eigenvalue weighted by Crippen LogP contribution is 2.35. The number of aromatic nitrogens is 4. The molecule has 0 unspecified atom stereocenters. The SMILES string of the molecule is Cc1cc(NC(=O)C(=O)O)cnc1N.[2H]c1nc2cc([C@H]3CC[C@H](C)CN3)ccc2s1.[2H]c1nc2cc([C@H]3CC[C@H](C)CN3C(=O)C(=O)Nc3cnc(N)c(C)c3)ccc2s1. The highest BCUT2D eigenvalue weighted by Gasteiger charge is 2.34. The average molecular weight is 839 g/mol. The molecule has 8 rings (SSSR count). The summed E-state index contributed by atoms with van der Waals surface area (Å²) in [6.45, 7) is 9.48. The lowest BCUT2D eigenvalue weighted by molar-refractivity contribution is -0.147. The van der Waals surface area contributed by atoms with Crippen molar-refractivity contribution in [2.24, 2.45) is 11.8 Å². The Hall–Kier alpha value is -6.04. The van der Waals surface area contributed by atoms with Crippen LogP contribution in [0.5, 0.6) is 0 Å². The normalized spacial score (nSPS) is 19.3. The highest BCUT2D eigenvalue weighted by molar-refractivity contribution is 7.17. The van der Waals surface area contributed by atoms with Gasteiger partial charge in [-0.05, 0) is 117 Å². The molecule has 2 aliphatic heterocycles. The molecule has 2 saturated heterocycles. The molecule has 2 aliphatic rings. The Labute approximate surface area is 352 Å². The first-order chi connectivity index (χ1) is 29.0. The number of hydrogen-bond donors (Lipinski definition) is 6. The molecule has 8 N–H and O–H groups in total. The second-order valence-electron chi connectivity index (χ2n) is 14.9. The van der Waals surface area contributed by atoms with Crippen LogP contribution in [0.4, 0.5) is 23.0 Å². The fraction of sp³-hybridized carbons (Fsp3) is 0.333. The highest BCUT2D eigenvalue weighted by atomic mass is 32.1. The van der Waals surface area contributed by atoms with E-state index in [1.165, 1.54) is 53.5 Å². The Balaban J connectivity index is 0.000000169. The molecule has 0 aliphatic carbocycles. The predicted octanol–water partition coefficient (Wildman–Crippen LogP) is 6.87. The summed E-state index contributed by atoms with van der Waals surface area (Å²) in [5.41, 5.74) is 18.0. The van der Waals surface area contributed by atoms with Crippen LogP contribution in [-0.4, -0.2) is 66.7 Å². The summed E-state index contributed by atoms with van der Waals surface area (Å²) >= 11 is 2.76. The molecule has 0 radical (unpaired) electrons. The number of nitrogens with one attached hydrogen (secondary N) is 3. The van der Waals surface area contributed by atoms with Crippen molar-refractivity contribution >= 4 is 89.8 Å². The number of aliphatic carboxylic acids is 1. The fourth-order valence-electron chi connectivity index (χ4n) is 6.90. The second kappa shape index (κ2) is 19.1. The number of rotatable bonds is 4. The van der Waals surface area contributed by atoms with Gasteiger partial charge in [0.05, 0.1) is 64.0 Å². The molecule has 59 heavy (non-hydrogen) atoms. The van der Waals surface area contributed by atoms with E-state index in [9.17, 15) is 19.2 Å². The maximum absolute atomic E-state index is 13.1. The summed E-state index contributed by atoms with van der Waals surface area (Å²) in [5.74, 6) is -2.08. The number of carbonyl (C=O) groups is 4. The van der Waals surface area contributed by atoms with Gasteiger partial charge in [-0.1, -0.05) is 26.0 Å². The maximum atomic E-state index is 13.1. The molecular weight excluding hydrogens is 789 g/mol. The molecule has 17 heteroatoms. The van der Waals surface area contributed by atoms with Crippen LogP contribution >= 0.6 is 22.7 Å². The Bertz CT molecular complexity index is 2580. The Morgan fingerprint density at radius 1 is 0.763 bits per heavy atom. The molecule has 15 nitrogen and oxygen atoms in total. The molecule has 6 aromatic rings. The zero-order chi connectivity index (χ0) is 44.0. The minimum Gasteiger partial charge on any atom is -0.474 e. The third-order valence-electron chi connectivity index (χ3n) is 10.3. The number of fused-ring (bicyclic) bond motifs is 2. The van der Waals surface area contributed by atoms with Gasteiger partial charge in [0.25, 0.3) is 0 Å². The molecule has 2 fully saturated rings. The van der Waals surface area contributed by atoms with Gasteiger partial charge < -0.3 is 37.4 Å². The number of nitrogen functional groups attached to an aromatic ring is 2. The van der Waals surface area contributed by atoms with Crippen molar-refractivity contribution in [3.05, 3.63) is 94.2 Å². The molecule has 0 saturated carbocycles. The van der Waals surface area contributed by atoms with Gasteiger partial charge in [0.1, 0.15) is 11.6 Å². The number of nitrogens with zero attached hydrogens (tertiary/aromatic N) is 5. The number of carboxylic acids is 1. The number of carbonyl (C=O) groups excluding carboxylic acids is 3. The van der Waals surface area contributed by atoms with Crippen molar-refractivity contribution in [1.82, 2.24) is 30.2 Å². The lowest BCUT2D eigenvalue weighted by Crippen LogP contribution is -2.46. The topological polar surface area (TPSA) is 231 Å². The van der Waals surface area contributed by atoms with Gasteiger partial charge in [-0.15, -0.1) is 22.7 Å². The number of aryl methyl sites for hydroxylation is 2. The molecule has 3 amide bonds. The van der Waals surface area contributed by atoms with Crippen LogP contribution in [0.1, 0.15) is 76.6 Å². The standard InChI is InChI=1S/C21H23N5O2S.C13H16N2S.C8H9N3O3/c1-12-3-5-17(14-4-6-18-16(8-14)24-11-29-18)26(10-12)21(28)20(27)25-15-7-13(2)19(22)23-9-15;1-9-2-4-11(14-7-9)10-3-5-13-12(6-10)15-8-16-13;1-4-2-5(3-10-6(4)9)11-7(12)8(13)14/h4,6-9,11-12,17H,3,5,10H2,1-2H3,(H2,22,23)(H,25,27);3,5-6,8-9,11,14H,2,4,7H2,1H3;2-3H,1H3,(H2,9,10)(H,11,12)(H,13,14)/t12-,17+;9-,11+;/m00./s1/i11D;8D;. The predicted molar refractivity (Wildman–Crippen MR) is 233 cm³/mol. The first-order valence-corrected chi connectivity index (χ1v) is 20.8. The lowest BCUT2D eigenvalue weighted by atomic mass is 9.89. The molecule has 308 valence electrons. The lowest BCUT2D eigenvalue weighted by Gasteiger charge is -2.38. The van der Waals surface area contributed by atoms with Crippen molar-refractivity contribution in [3.8, 4) is 0 Å². The van der Waals surface area contributed by atoms with Crippen molar-refractivity contribution in [2.75, 3.05) is 35.2 Å². The third-order valence-corrected chi connectivity index (χ3v) is 11.8. The second-order valence-corrected chi connectivity index (χ2v) is 16.6. The summed E-state index contributed by atoms with van der Waals surface area (Å²) in [6.07, 6.45) is 6.96. The van der Waals surface area contributed by atoms with Crippen LogP contribution in [0.3, 0.4) is 0 Å². The van der Waals surface area contributed by atoms with Crippen molar-refractivity contribution < 1.29 is 27.0 Å². The Kier molecular flexibility index (Phi) is 12.9. The minimum absolute atomic E-state index is 0.203. The summed E-state index contributed by atoms with van der Waals surface area (Å²) in [4.78, 5) is 64.6. The summed E-state index contributed by atoms with van der Waals surface area (Å²) in [7, 11) is 0. The number of carboxylic acid groups (broad SMARTS) is 1. The number of hydrogen-bond acceptors (Lipinski definition) is 13. The Morgan fingerprint density at radius 3 is 1.85 bits per heavy atom. The van der Waals surface area contributed by atoms with E-state index < -0.39 is 23.7 Å². The summed E-state index contributed by atoms with van der Waals surface area (Å²) in [5, 5.41) is 16.7. The summed E-state index contributed by atoms with van der Waals surface area (Å²) in [6, 6.07) is 15.7. The molecule has 6 heterocycles. The monoisotopic (exact) mass is 838 g/mol. The summed E-state index contributed by atoms with van der Waals surface area (Å²) < 4.78 is 17.4. The number of piperidine rings is 2. The number of benzene rings is 2. The van der Waals surface area contributed by atoms with Crippen LogP contribution in [-0.2, 0) is 19.2 Å². The zero-order valence-electron chi connectivity index (χ0n) is 35.1. The molecule has 2 aromatic carbocycles. The first-order valence-electron chi connectivity index (χ1n) is 20.1. The maximum Gasteiger partial charge on any atom is 0.394 e. The van der Waals surface area contributed by atoms with E-state index in [0.29, 0.717) is 52.6 Å². The van der Waals surface area contributed by atoms with E-state index in [1.54, 1.807) is 30.9 Å². The van der Waals surface area contributed by atoms with Crippen LogP contribution in [0.15, 0.2) is 71.9 Å². The van der Waals surface area contributed by atoms with Gasteiger partial charge in [-0.25, -0.2) is 24.7 Å². The number of thiazole rings is 2. The van der Waals surface area contributed by atoms with Crippen molar-refractivity contribution in [2.45, 2.75) is 65.5 Å². The number of amides is 3. The van der Waals surface area contributed by atoms with E-state index in [4.69, 9.17) is 19.3 Å². The van der Waals surface area contributed by atoms with E-state index in [-0.39, 0.29) is 11.5 Å². The first kappa shape index (κ1) is 39.8. The number of anilines is 4. The average Bonchev–Trinajstić information content (AvgIpc) is 3.80. The van der Waals surface area contributed by atoms with E-state index in [0.717, 1.165) is 56.9 Å². The molecule has 4 aromatic heterocycles. The van der Waals surface area contributed by atoms with Crippen LogP contribution in [0.2, 0.25) is 0 Å². The third kappa shape index (κ3) is 10.9. The van der Waals surface area contributed by atoms with E-state index in [2.05, 4.69) is 67.9 Å². The fourth-order valence-corrected chi connectivity index (χ4v) is 8.07. The zero-order valence-corrected chi connectivity index (χ0v) is 34.7. The molecule has 0 bridgehead atoms. The molecular formula is C42H48N10O5S2. The van der Waals surface area contributed by atoms with Gasteiger partial charge in [0, 0.05) is 12.6 Å². The van der Waals surface area contributed by atoms with Crippen molar-refractivity contribution in [3.63, 3.8) is 0 Å².